The maximum Gasteiger partial charge on any atom is 0.273 e. The highest BCUT2D eigenvalue weighted by Gasteiger charge is 2.17. The Balaban J connectivity index is 2.31. The van der Waals surface area contributed by atoms with Crippen LogP contribution >= 0.6 is 15.9 Å². The van der Waals surface area contributed by atoms with Crippen molar-refractivity contribution in [2.45, 2.75) is 0 Å². The molecular formula is C14H11BrN2O4. The first kappa shape index (κ1) is 15.0. The van der Waals surface area contributed by atoms with E-state index in [9.17, 15) is 14.9 Å². The topological polar surface area (TPSA) is 81.5 Å². The van der Waals surface area contributed by atoms with Crippen LogP contribution in [0.25, 0.3) is 0 Å². The Labute approximate surface area is 129 Å². The van der Waals surface area contributed by atoms with Crippen LogP contribution in [0.2, 0.25) is 0 Å². The molecule has 0 aliphatic carbocycles. The van der Waals surface area contributed by atoms with Crippen molar-refractivity contribution in [1.82, 2.24) is 0 Å². The molecule has 2 aromatic carbocycles. The fourth-order valence-electron chi connectivity index (χ4n) is 1.73. The lowest BCUT2D eigenvalue weighted by Crippen LogP contribution is -2.13. The number of non-ortho nitro benzene ring substituents is 1. The number of nitro benzene ring substituents is 1. The molecule has 2 rings (SSSR count). The van der Waals surface area contributed by atoms with Gasteiger partial charge in [-0.15, -0.1) is 0 Å². The quantitative estimate of drug-likeness (QED) is 0.674. The van der Waals surface area contributed by atoms with E-state index in [2.05, 4.69) is 21.2 Å². The van der Waals surface area contributed by atoms with Crippen molar-refractivity contribution < 1.29 is 14.5 Å². The van der Waals surface area contributed by atoms with Crippen molar-refractivity contribution >= 4 is 33.2 Å². The molecule has 0 fully saturated rings. The maximum atomic E-state index is 12.2. The number of hydrogen-bond acceptors (Lipinski definition) is 4. The largest absolute Gasteiger partial charge is 0.496 e. The van der Waals surface area contributed by atoms with E-state index in [4.69, 9.17) is 4.74 Å². The molecule has 0 aromatic heterocycles. The number of para-hydroxylation sites is 1. The first-order valence-electron chi connectivity index (χ1n) is 5.91. The van der Waals surface area contributed by atoms with Gasteiger partial charge in [0.25, 0.3) is 11.6 Å². The molecule has 7 heteroatoms. The molecule has 1 N–H and O–H groups in total. The van der Waals surface area contributed by atoms with Gasteiger partial charge >= 0.3 is 0 Å². The Morgan fingerprint density at radius 2 is 2.00 bits per heavy atom. The lowest BCUT2D eigenvalue weighted by Gasteiger charge is -2.10. The lowest BCUT2D eigenvalue weighted by molar-refractivity contribution is -0.384. The number of amides is 1. The third-order valence-electron chi connectivity index (χ3n) is 2.76. The van der Waals surface area contributed by atoms with E-state index in [-0.39, 0.29) is 17.0 Å². The molecule has 0 unspecified atom stereocenters. The van der Waals surface area contributed by atoms with Crippen molar-refractivity contribution in [2.75, 3.05) is 12.4 Å². The highest BCUT2D eigenvalue weighted by Crippen LogP contribution is 2.27. The van der Waals surface area contributed by atoms with Crippen LogP contribution in [0.3, 0.4) is 0 Å². The van der Waals surface area contributed by atoms with Gasteiger partial charge in [-0.1, -0.05) is 12.1 Å². The number of nitrogens with zero attached hydrogens (tertiary/aromatic N) is 1. The van der Waals surface area contributed by atoms with E-state index < -0.39 is 10.8 Å². The number of methoxy groups -OCH3 is 1. The van der Waals surface area contributed by atoms with Crippen LogP contribution in [0.4, 0.5) is 11.4 Å². The van der Waals surface area contributed by atoms with Crippen LogP contribution in [0.15, 0.2) is 46.9 Å². The average molecular weight is 351 g/mol. The first-order chi connectivity index (χ1) is 10.0. The Morgan fingerprint density at radius 3 is 2.62 bits per heavy atom. The summed E-state index contributed by atoms with van der Waals surface area (Å²) in [7, 11) is 1.36. The van der Waals surface area contributed by atoms with Gasteiger partial charge in [-0.05, 0) is 34.1 Å². The van der Waals surface area contributed by atoms with Gasteiger partial charge in [-0.3, -0.25) is 14.9 Å². The van der Waals surface area contributed by atoms with E-state index in [0.29, 0.717) is 5.69 Å². The Morgan fingerprint density at radius 1 is 1.29 bits per heavy atom. The van der Waals surface area contributed by atoms with Gasteiger partial charge in [0.05, 0.1) is 29.4 Å². The van der Waals surface area contributed by atoms with Crippen LogP contribution in [0.5, 0.6) is 5.75 Å². The zero-order valence-corrected chi connectivity index (χ0v) is 12.6. The standard InChI is InChI=1S/C14H11BrN2O4/c1-21-13-8-9(17(19)20)6-7-10(13)14(18)16-12-5-3-2-4-11(12)15/h2-8H,1H3,(H,16,18). The van der Waals surface area contributed by atoms with Gasteiger partial charge in [-0.25, -0.2) is 0 Å². The SMILES string of the molecule is COc1cc([N+](=O)[O-])ccc1C(=O)Nc1ccccc1Br. The van der Waals surface area contributed by atoms with E-state index in [1.165, 1.54) is 25.3 Å². The number of anilines is 1. The number of benzene rings is 2. The van der Waals surface area contributed by atoms with Gasteiger partial charge in [0.1, 0.15) is 5.75 Å². The minimum absolute atomic E-state index is 0.135. The monoisotopic (exact) mass is 350 g/mol. The highest BCUT2D eigenvalue weighted by molar-refractivity contribution is 9.10. The van der Waals surface area contributed by atoms with Gasteiger partial charge in [0.15, 0.2) is 0 Å². The predicted octanol–water partition coefficient (Wildman–Crippen LogP) is 3.62. The number of rotatable bonds is 4. The van der Waals surface area contributed by atoms with E-state index in [1.807, 2.05) is 6.07 Å². The number of carbonyl (C=O) groups is 1. The van der Waals surface area contributed by atoms with Crippen molar-refractivity contribution in [3.8, 4) is 5.75 Å². The molecule has 0 spiro atoms. The van der Waals surface area contributed by atoms with Crippen molar-refractivity contribution in [1.29, 1.82) is 0 Å². The lowest BCUT2D eigenvalue weighted by atomic mass is 10.1. The molecule has 2 aromatic rings. The summed E-state index contributed by atoms with van der Waals surface area (Å²) in [6.45, 7) is 0. The zero-order chi connectivity index (χ0) is 15.4. The van der Waals surface area contributed by atoms with Crippen LogP contribution in [0, 0.1) is 10.1 Å². The Hall–Kier alpha value is -2.41. The minimum Gasteiger partial charge on any atom is -0.496 e. The summed E-state index contributed by atoms with van der Waals surface area (Å²) in [5.74, 6) is -0.262. The summed E-state index contributed by atoms with van der Waals surface area (Å²) in [5, 5.41) is 13.4. The van der Waals surface area contributed by atoms with Crippen LogP contribution < -0.4 is 10.1 Å². The Kier molecular flexibility index (Phi) is 4.54. The predicted molar refractivity (Wildman–Crippen MR) is 81.7 cm³/mol. The first-order valence-corrected chi connectivity index (χ1v) is 6.70. The zero-order valence-electron chi connectivity index (χ0n) is 11.0. The van der Waals surface area contributed by atoms with Crippen molar-refractivity contribution in [2.24, 2.45) is 0 Å². The number of nitrogens with one attached hydrogen (secondary N) is 1. The molecule has 1 amide bonds. The van der Waals surface area contributed by atoms with Crippen molar-refractivity contribution in [3.63, 3.8) is 0 Å². The summed E-state index contributed by atoms with van der Waals surface area (Å²) in [6, 6.07) is 11.0. The minimum atomic E-state index is -0.544. The number of hydrogen-bond donors (Lipinski definition) is 1. The molecular weight excluding hydrogens is 340 g/mol. The second kappa shape index (κ2) is 6.36. The Bertz CT molecular complexity index is 703. The molecule has 0 atom stereocenters. The number of carbonyl (C=O) groups excluding carboxylic acids is 1. The second-order valence-electron chi connectivity index (χ2n) is 4.08. The fraction of sp³-hybridized carbons (Fsp3) is 0.0714. The number of nitro groups is 1. The van der Waals surface area contributed by atoms with E-state index in [1.54, 1.807) is 18.2 Å². The van der Waals surface area contributed by atoms with Gasteiger partial charge in [0.2, 0.25) is 0 Å². The van der Waals surface area contributed by atoms with Crippen molar-refractivity contribution in [3.05, 3.63) is 62.6 Å². The summed E-state index contributed by atoms with van der Waals surface area (Å²) >= 11 is 3.33. The number of ether oxygens (including phenoxy) is 1. The summed E-state index contributed by atoms with van der Waals surface area (Å²) in [6.07, 6.45) is 0. The molecule has 0 radical (unpaired) electrons. The molecule has 0 aliphatic rings. The van der Waals surface area contributed by atoms with Gasteiger partial charge in [0, 0.05) is 10.5 Å². The molecule has 0 saturated heterocycles. The summed E-state index contributed by atoms with van der Waals surface area (Å²) in [4.78, 5) is 22.4. The smallest absolute Gasteiger partial charge is 0.273 e. The van der Waals surface area contributed by atoms with Crippen LogP contribution in [-0.4, -0.2) is 17.9 Å². The molecule has 0 aliphatic heterocycles. The third-order valence-corrected chi connectivity index (χ3v) is 3.45. The second-order valence-corrected chi connectivity index (χ2v) is 4.93. The normalized spacial score (nSPS) is 10.0. The summed E-state index contributed by atoms with van der Waals surface area (Å²) < 4.78 is 5.78. The van der Waals surface area contributed by atoms with E-state index >= 15 is 0 Å². The molecule has 0 saturated carbocycles. The van der Waals surface area contributed by atoms with Gasteiger partial charge < -0.3 is 10.1 Å². The highest BCUT2D eigenvalue weighted by atomic mass is 79.9. The maximum absolute atomic E-state index is 12.2. The molecule has 0 bridgehead atoms. The number of halogens is 1. The van der Waals surface area contributed by atoms with Gasteiger partial charge in [-0.2, -0.15) is 0 Å². The third kappa shape index (κ3) is 3.38. The molecule has 6 nitrogen and oxygen atoms in total. The molecule has 0 heterocycles. The van der Waals surface area contributed by atoms with E-state index in [0.717, 1.165) is 4.47 Å². The fourth-order valence-corrected chi connectivity index (χ4v) is 2.12. The van der Waals surface area contributed by atoms with Crippen LogP contribution in [0.1, 0.15) is 10.4 Å². The summed E-state index contributed by atoms with van der Waals surface area (Å²) in [5.41, 5.74) is 0.686. The average Bonchev–Trinajstić information content (AvgIpc) is 2.48. The van der Waals surface area contributed by atoms with Crippen LogP contribution in [-0.2, 0) is 0 Å². The molecule has 108 valence electrons. The molecule has 21 heavy (non-hydrogen) atoms.